The zero-order chi connectivity index (χ0) is 30.0. The summed E-state index contributed by atoms with van der Waals surface area (Å²) in [5.41, 5.74) is 2.23. The summed E-state index contributed by atoms with van der Waals surface area (Å²) in [5, 5.41) is 0. The Hall–Kier alpha value is -2.31. The van der Waals surface area contributed by atoms with E-state index in [0.717, 1.165) is 43.5 Å². The summed E-state index contributed by atoms with van der Waals surface area (Å²) in [4.78, 5) is 19.3. The highest BCUT2D eigenvalue weighted by Gasteiger charge is 2.31. The van der Waals surface area contributed by atoms with Crippen molar-refractivity contribution in [1.29, 1.82) is 0 Å². The lowest BCUT2D eigenvalue weighted by molar-refractivity contribution is -0.134. The summed E-state index contributed by atoms with van der Waals surface area (Å²) < 4.78 is 50.6. The molecule has 0 bridgehead atoms. The van der Waals surface area contributed by atoms with Crippen molar-refractivity contribution in [2.45, 2.75) is 50.6 Å². The van der Waals surface area contributed by atoms with Crippen LogP contribution in [0.2, 0.25) is 0 Å². The molecule has 0 saturated carbocycles. The van der Waals surface area contributed by atoms with E-state index in [2.05, 4.69) is 18.7 Å². The first-order valence-electron chi connectivity index (χ1n) is 14.4. The Kier molecular flexibility index (Phi) is 12.3. The van der Waals surface area contributed by atoms with Gasteiger partial charge < -0.3 is 14.7 Å². The summed E-state index contributed by atoms with van der Waals surface area (Å²) in [6, 6.07) is 17.3. The van der Waals surface area contributed by atoms with Crippen LogP contribution in [0.4, 0.5) is 0 Å². The van der Waals surface area contributed by atoms with Gasteiger partial charge in [0.25, 0.3) is 0 Å². The Morgan fingerprint density at radius 3 is 2.20 bits per heavy atom. The van der Waals surface area contributed by atoms with Crippen LogP contribution in [0.25, 0.3) is 0 Å². The number of amides is 1. The van der Waals surface area contributed by atoms with Gasteiger partial charge in [0.1, 0.15) is 0 Å². The third kappa shape index (κ3) is 10.5. The van der Waals surface area contributed by atoms with E-state index >= 15 is 0 Å². The molecule has 0 radical (unpaired) electrons. The highest BCUT2D eigenvalue weighted by Crippen LogP contribution is 2.15. The van der Waals surface area contributed by atoms with Crippen molar-refractivity contribution in [3.05, 3.63) is 65.7 Å². The van der Waals surface area contributed by atoms with Crippen LogP contribution < -0.4 is 0 Å². The van der Waals surface area contributed by atoms with Crippen LogP contribution >= 0.6 is 0 Å². The molecule has 0 aromatic heterocycles. The molecule has 1 fully saturated rings. The van der Waals surface area contributed by atoms with Crippen LogP contribution in [0.3, 0.4) is 0 Å². The van der Waals surface area contributed by atoms with Crippen LogP contribution in [0.5, 0.6) is 0 Å². The van der Waals surface area contributed by atoms with Gasteiger partial charge in [0.2, 0.25) is 15.9 Å². The molecule has 1 unspecified atom stereocenters. The maximum Gasteiger partial charge on any atom is 0.237 e. The van der Waals surface area contributed by atoms with Crippen molar-refractivity contribution in [2.75, 3.05) is 64.9 Å². The zero-order valence-electron chi connectivity index (χ0n) is 24.9. The van der Waals surface area contributed by atoms with Crippen molar-refractivity contribution >= 4 is 25.8 Å². The van der Waals surface area contributed by atoms with Gasteiger partial charge in [-0.25, -0.2) is 16.8 Å². The van der Waals surface area contributed by atoms with Gasteiger partial charge in [-0.2, -0.15) is 4.31 Å². The van der Waals surface area contributed by atoms with Crippen molar-refractivity contribution in [3.8, 4) is 0 Å². The number of hydrogen-bond donors (Lipinski definition) is 0. The molecule has 0 spiro atoms. The maximum atomic E-state index is 12.9. The van der Waals surface area contributed by atoms with Crippen molar-refractivity contribution in [1.82, 2.24) is 19.0 Å². The van der Waals surface area contributed by atoms with E-state index < -0.39 is 19.9 Å². The first kappa shape index (κ1) is 33.2. The Labute approximate surface area is 247 Å². The van der Waals surface area contributed by atoms with Gasteiger partial charge in [-0.3, -0.25) is 4.79 Å². The van der Waals surface area contributed by atoms with Crippen LogP contribution in [-0.2, 0) is 37.6 Å². The Morgan fingerprint density at radius 2 is 1.59 bits per heavy atom. The highest BCUT2D eigenvalue weighted by atomic mass is 32.2. The molecule has 2 aromatic rings. The second-order valence-corrected chi connectivity index (χ2v) is 15.2. The number of nitrogens with zero attached hydrogens (tertiary/aromatic N) is 4. The molecule has 1 atom stereocenters. The number of sulfonamides is 1. The monoisotopic (exact) mass is 606 g/mol. The quantitative estimate of drug-likeness (QED) is 0.271. The third-order valence-corrected chi connectivity index (χ3v) is 10.7. The van der Waals surface area contributed by atoms with Gasteiger partial charge in [-0.05, 0) is 69.6 Å². The lowest BCUT2D eigenvalue weighted by Gasteiger charge is -2.34. The molecule has 1 aliphatic heterocycles. The summed E-state index contributed by atoms with van der Waals surface area (Å²) in [7, 11) is -4.79. The predicted octanol–water partition coefficient (Wildman–Crippen LogP) is 2.73. The fourth-order valence-electron chi connectivity index (χ4n) is 5.19. The number of carbonyl (C=O) groups excluding carboxylic acids is 1. The van der Waals surface area contributed by atoms with Gasteiger partial charge in [-0.15, -0.1) is 0 Å². The summed E-state index contributed by atoms with van der Waals surface area (Å²) >= 11 is 0. The predicted molar refractivity (Wildman–Crippen MR) is 164 cm³/mol. The molecule has 41 heavy (non-hydrogen) atoms. The SMILES string of the molecule is CCN(CCCCN1CCN(S(=O)(=O)CCN(C)Cc2ccccc2)CC1=O)C(C)Cc1ccc(S(C)(=O)=O)cc1. The minimum Gasteiger partial charge on any atom is -0.340 e. The summed E-state index contributed by atoms with van der Waals surface area (Å²) in [5.74, 6) is -0.132. The highest BCUT2D eigenvalue weighted by molar-refractivity contribution is 7.90. The number of benzene rings is 2. The largest absolute Gasteiger partial charge is 0.340 e. The van der Waals surface area contributed by atoms with Crippen LogP contribution in [0.1, 0.15) is 37.8 Å². The lowest BCUT2D eigenvalue weighted by atomic mass is 10.1. The molecule has 3 rings (SSSR count). The maximum absolute atomic E-state index is 12.9. The van der Waals surface area contributed by atoms with Gasteiger partial charge in [0.15, 0.2) is 9.84 Å². The number of hydrogen-bond acceptors (Lipinski definition) is 7. The molecule has 2 aromatic carbocycles. The minimum atomic E-state index is -3.50. The number of piperazine rings is 1. The molecule has 1 saturated heterocycles. The fraction of sp³-hybridized carbons (Fsp3) is 0.567. The van der Waals surface area contributed by atoms with E-state index in [1.165, 1.54) is 10.6 Å². The van der Waals surface area contributed by atoms with Crippen molar-refractivity contribution < 1.29 is 21.6 Å². The van der Waals surface area contributed by atoms with Gasteiger partial charge in [0.05, 0.1) is 17.2 Å². The molecule has 1 heterocycles. The Morgan fingerprint density at radius 1 is 0.902 bits per heavy atom. The molecule has 0 aliphatic carbocycles. The lowest BCUT2D eigenvalue weighted by Crippen LogP contribution is -2.53. The topological polar surface area (TPSA) is 98.3 Å². The van der Waals surface area contributed by atoms with Crippen molar-refractivity contribution in [3.63, 3.8) is 0 Å². The molecule has 228 valence electrons. The molecule has 0 N–H and O–H groups in total. The molecular formula is C30H46N4O5S2. The third-order valence-electron chi connectivity index (χ3n) is 7.74. The van der Waals surface area contributed by atoms with E-state index in [9.17, 15) is 21.6 Å². The van der Waals surface area contributed by atoms with Crippen LogP contribution in [0, 0.1) is 0 Å². The Balaban J connectivity index is 1.38. The zero-order valence-corrected chi connectivity index (χ0v) is 26.5. The van der Waals surface area contributed by atoms with Gasteiger partial charge in [0, 0.05) is 45.0 Å². The average molecular weight is 607 g/mol. The molecule has 9 nitrogen and oxygen atoms in total. The first-order valence-corrected chi connectivity index (χ1v) is 17.9. The van der Waals surface area contributed by atoms with Gasteiger partial charge in [-0.1, -0.05) is 49.4 Å². The van der Waals surface area contributed by atoms with Crippen LogP contribution in [0.15, 0.2) is 59.5 Å². The standard InChI is InChI=1S/C30H46N4O5S2/c1-5-32(26(2)23-27-13-15-29(16-14-27)40(4,36)37)17-9-10-18-33-19-20-34(25-30(33)35)41(38,39)22-21-31(3)24-28-11-7-6-8-12-28/h6-8,11-16,26H,5,9-10,17-25H2,1-4H3. The smallest absolute Gasteiger partial charge is 0.237 e. The van der Waals surface area contributed by atoms with E-state index in [4.69, 9.17) is 0 Å². The molecule has 1 amide bonds. The summed E-state index contributed by atoms with van der Waals surface area (Å²) in [6.07, 6.45) is 3.83. The molecule has 1 aliphatic rings. The fourth-order valence-corrected chi connectivity index (χ4v) is 7.28. The molecular weight excluding hydrogens is 560 g/mol. The first-order chi connectivity index (χ1) is 19.4. The van der Waals surface area contributed by atoms with E-state index in [-0.39, 0.29) is 18.2 Å². The normalized spacial score (nSPS) is 16.0. The second kappa shape index (κ2) is 15.2. The number of sulfone groups is 1. The Bertz CT molecular complexity index is 1320. The number of carbonyl (C=O) groups is 1. The number of rotatable bonds is 16. The van der Waals surface area contributed by atoms with E-state index in [0.29, 0.717) is 43.7 Å². The second-order valence-electron chi connectivity index (χ2n) is 11.1. The van der Waals surface area contributed by atoms with Crippen molar-refractivity contribution in [2.24, 2.45) is 0 Å². The van der Waals surface area contributed by atoms with Gasteiger partial charge >= 0.3 is 0 Å². The average Bonchev–Trinajstić information content (AvgIpc) is 2.93. The molecule has 11 heteroatoms. The summed E-state index contributed by atoms with van der Waals surface area (Å²) in [6.45, 7) is 8.51. The van der Waals surface area contributed by atoms with Crippen LogP contribution in [-0.4, -0.2) is 113 Å². The van der Waals surface area contributed by atoms with E-state index in [1.807, 2.05) is 54.4 Å². The minimum absolute atomic E-state index is 0.00347. The van der Waals surface area contributed by atoms with E-state index in [1.54, 1.807) is 17.0 Å². The number of unbranched alkanes of at least 4 members (excludes halogenated alkanes) is 1. The number of likely N-dealkylation sites (N-methyl/N-ethyl adjacent to an activating group) is 1.